The standard InChI is InChI=1S/C17H18OS3/c1-18-16-10-8-15(9-11-16)14-21-20-13-5-12-19-17-6-3-2-4-7-17/h2-11,13H,12,14H2,1H3/b13-5+. The van der Waals surface area contributed by atoms with Crippen LogP contribution in [0.1, 0.15) is 5.56 Å². The van der Waals surface area contributed by atoms with Crippen molar-refractivity contribution < 1.29 is 4.74 Å². The molecule has 0 unspecified atom stereocenters. The summed E-state index contributed by atoms with van der Waals surface area (Å²) in [6.45, 7) is 0. The van der Waals surface area contributed by atoms with Crippen molar-refractivity contribution in [1.82, 2.24) is 0 Å². The summed E-state index contributed by atoms with van der Waals surface area (Å²) in [6.07, 6.45) is 2.21. The van der Waals surface area contributed by atoms with E-state index in [-0.39, 0.29) is 0 Å². The second-order valence-electron chi connectivity index (χ2n) is 4.20. The summed E-state index contributed by atoms with van der Waals surface area (Å²) in [4.78, 5) is 1.32. The van der Waals surface area contributed by atoms with Gasteiger partial charge in [-0.05, 0) is 35.2 Å². The van der Waals surface area contributed by atoms with Gasteiger partial charge in [0.15, 0.2) is 0 Å². The second-order valence-corrected chi connectivity index (χ2v) is 7.57. The molecule has 0 saturated carbocycles. The minimum atomic E-state index is 0.911. The summed E-state index contributed by atoms with van der Waals surface area (Å²) in [5, 5.41) is 2.17. The summed E-state index contributed by atoms with van der Waals surface area (Å²) in [5.41, 5.74) is 1.32. The van der Waals surface area contributed by atoms with Crippen LogP contribution in [0.3, 0.4) is 0 Å². The highest BCUT2D eigenvalue weighted by Gasteiger charge is 1.94. The van der Waals surface area contributed by atoms with Gasteiger partial charge in [-0.15, -0.1) is 11.8 Å². The van der Waals surface area contributed by atoms with Crippen molar-refractivity contribution in [2.45, 2.75) is 10.6 Å². The summed E-state index contributed by atoms with van der Waals surface area (Å²) in [5.74, 6) is 2.93. The molecule has 0 N–H and O–H groups in total. The Kier molecular flexibility index (Phi) is 7.71. The van der Waals surface area contributed by atoms with Crippen molar-refractivity contribution in [1.29, 1.82) is 0 Å². The van der Waals surface area contributed by atoms with Crippen LogP contribution >= 0.6 is 33.3 Å². The lowest BCUT2D eigenvalue weighted by molar-refractivity contribution is 0.414. The largest absolute Gasteiger partial charge is 0.497 e. The Hall–Kier alpha value is -0.970. The lowest BCUT2D eigenvalue weighted by Crippen LogP contribution is -1.83. The molecule has 0 aliphatic rings. The molecule has 0 spiro atoms. The topological polar surface area (TPSA) is 9.23 Å². The van der Waals surface area contributed by atoms with Gasteiger partial charge in [0, 0.05) is 16.4 Å². The number of rotatable bonds is 8. The van der Waals surface area contributed by atoms with Crippen LogP contribution in [0.5, 0.6) is 5.75 Å². The zero-order chi connectivity index (χ0) is 14.8. The van der Waals surface area contributed by atoms with Crippen LogP contribution in [0.2, 0.25) is 0 Å². The van der Waals surface area contributed by atoms with E-state index in [1.807, 2.05) is 40.8 Å². The van der Waals surface area contributed by atoms with Gasteiger partial charge in [0.1, 0.15) is 5.75 Å². The van der Waals surface area contributed by atoms with E-state index in [0.29, 0.717) is 0 Å². The number of methoxy groups -OCH3 is 1. The van der Waals surface area contributed by atoms with E-state index < -0.39 is 0 Å². The van der Waals surface area contributed by atoms with Gasteiger partial charge in [0.05, 0.1) is 7.11 Å². The molecular weight excluding hydrogens is 316 g/mol. The molecule has 0 aliphatic carbocycles. The molecule has 110 valence electrons. The van der Waals surface area contributed by atoms with Crippen molar-refractivity contribution in [3.63, 3.8) is 0 Å². The maximum Gasteiger partial charge on any atom is 0.118 e. The third-order valence-electron chi connectivity index (χ3n) is 2.69. The van der Waals surface area contributed by atoms with Crippen molar-refractivity contribution in [2.24, 2.45) is 0 Å². The SMILES string of the molecule is COc1ccc(CSS/C=C/CSc2ccccc2)cc1. The van der Waals surface area contributed by atoms with E-state index >= 15 is 0 Å². The van der Waals surface area contributed by atoms with Crippen LogP contribution < -0.4 is 4.74 Å². The van der Waals surface area contributed by atoms with Gasteiger partial charge >= 0.3 is 0 Å². The quantitative estimate of drug-likeness (QED) is 0.338. The summed E-state index contributed by atoms with van der Waals surface area (Å²) < 4.78 is 5.15. The molecule has 2 aromatic carbocycles. The predicted molar refractivity (Wildman–Crippen MR) is 98.2 cm³/mol. The van der Waals surface area contributed by atoms with Crippen LogP contribution in [0.25, 0.3) is 0 Å². The lowest BCUT2D eigenvalue weighted by Gasteiger charge is -2.01. The van der Waals surface area contributed by atoms with E-state index in [1.165, 1.54) is 10.5 Å². The molecule has 0 fully saturated rings. The first-order valence-corrected chi connectivity index (χ1v) is 9.99. The third kappa shape index (κ3) is 6.55. The number of thioether (sulfide) groups is 1. The Bertz CT molecular complexity index is 538. The Morgan fingerprint density at radius 2 is 1.76 bits per heavy atom. The van der Waals surface area contributed by atoms with Crippen LogP contribution in [0.15, 0.2) is 71.0 Å². The lowest BCUT2D eigenvalue weighted by atomic mass is 10.2. The highest BCUT2D eigenvalue weighted by atomic mass is 33.1. The predicted octanol–water partition coefficient (Wildman–Crippen LogP) is 5.88. The Morgan fingerprint density at radius 1 is 1.00 bits per heavy atom. The third-order valence-corrected chi connectivity index (χ3v) is 5.64. The van der Waals surface area contributed by atoms with Gasteiger partial charge in [-0.2, -0.15) is 0 Å². The fourth-order valence-corrected chi connectivity index (χ4v) is 4.19. The maximum atomic E-state index is 5.15. The van der Waals surface area contributed by atoms with Gasteiger partial charge in [0.2, 0.25) is 0 Å². The molecule has 0 atom stereocenters. The normalized spacial score (nSPS) is 10.9. The Morgan fingerprint density at radius 3 is 2.48 bits per heavy atom. The van der Waals surface area contributed by atoms with E-state index in [4.69, 9.17) is 4.74 Å². The maximum absolute atomic E-state index is 5.15. The van der Waals surface area contributed by atoms with E-state index in [1.54, 1.807) is 17.9 Å². The summed E-state index contributed by atoms with van der Waals surface area (Å²) in [6, 6.07) is 18.7. The average molecular weight is 335 g/mol. The van der Waals surface area contributed by atoms with Gasteiger partial charge in [0.25, 0.3) is 0 Å². The Balaban J connectivity index is 1.59. The first-order valence-electron chi connectivity index (χ1n) is 6.62. The zero-order valence-corrected chi connectivity index (χ0v) is 14.3. The molecule has 4 heteroatoms. The molecule has 0 radical (unpaired) electrons. The molecule has 0 heterocycles. The minimum Gasteiger partial charge on any atom is -0.497 e. The molecule has 0 saturated heterocycles. The molecular formula is C17H18OS3. The first kappa shape index (κ1) is 16.4. The molecule has 0 aromatic heterocycles. The summed E-state index contributed by atoms with van der Waals surface area (Å²) >= 11 is 1.86. The monoisotopic (exact) mass is 334 g/mol. The number of hydrogen-bond acceptors (Lipinski definition) is 4. The molecule has 0 aliphatic heterocycles. The van der Waals surface area contributed by atoms with E-state index in [0.717, 1.165) is 17.3 Å². The summed E-state index contributed by atoms with van der Waals surface area (Å²) in [7, 11) is 5.32. The van der Waals surface area contributed by atoms with Crippen molar-refractivity contribution >= 4 is 33.3 Å². The number of hydrogen-bond donors (Lipinski definition) is 0. The van der Waals surface area contributed by atoms with Crippen LogP contribution in [-0.4, -0.2) is 12.9 Å². The smallest absolute Gasteiger partial charge is 0.118 e. The van der Waals surface area contributed by atoms with Crippen molar-refractivity contribution in [3.8, 4) is 5.75 Å². The van der Waals surface area contributed by atoms with Crippen molar-refractivity contribution in [2.75, 3.05) is 12.9 Å². The second kappa shape index (κ2) is 9.87. The molecule has 0 bridgehead atoms. The fraction of sp³-hybridized carbons (Fsp3) is 0.176. The first-order chi connectivity index (χ1) is 10.4. The van der Waals surface area contributed by atoms with Gasteiger partial charge in [-0.1, -0.05) is 58.0 Å². The fourth-order valence-electron chi connectivity index (χ4n) is 1.60. The van der Waals surface area contributed by atoms with E-state index in [2.05, 4.69) is 47.9 Å². The number of ether oxygens (including phenoxy) is 1. The highest BCUT2D eigenvalue weighted by molar-refractivity contribution is 8.77. The molecule has 2 rings (SSSR count). The van der Waals surface area contributed by atoms with Crippen LogP contribution in [0.4, 0.5) is 0 Å². The van der Waals surface area contributed by atoms with Crippen LogP contribution in [-0.2, 0) is 5.75 Å². The molecule has 0 amide bonds. The van der Waals surface area contributed by atoms with Gasteiger partial charge < -0.3 is 4.74 Å². The van der Waals surface area contributed by atoms with Gasteiger partial charge in [-0.25, -0.2) is 0 Å². The zero-order valence-electron chi connectivity index (χ0n) is 11.9. The minimum absolute atomic E-state index is 0.911. The molecule has 2 aromatic rings. The van der Waals surface area contributed by atoms with Gasteiger partial charge in [-0.3, -0.25) is 0 Å². The van der Waals surface area contributed by atoms with E-state index in [9.17, 15) is 0 Å². The number of benzene rings is 2. The van der Waals surface area contributed by atoms with Crippen molar-refractivity contribution in [3.05, 3.63) is 71.6 Å². The average Bonchev–Trinajstić information content (AvgIpc) is 2.55. The molecule has 21 heavy (non-hydrogen) atoms. The molecule has 1 nitrogen and oxygen atoms in total. The Labute approximate surface area is 139 Å². The van der Waals surface area contributed by atoms with Crippen LogP contribution in [0, 0.1) is 0 Å². The highest BCUT2D eigenvalue weighted by Crippen LogP contribution is 2.28.